The molecule has 2 rings (SSSR count). The van der Waals surface area contributed by atoms with Gasteiger partial charge in [0.05, 0.1) is 11.1 Å². The van der Waals surface area contributed by atoms with Crippen molar-refractivity contribution in [1.82, 2.24) is 10.3 Å². The third kappa shape index (κ3) is 2.75. The Morgan fingerprint density at radius 1 is 1.37 bits per heavy atom. The Hall–Kier alpha value is -1.90. The van der Waals surface area contributed by atoms with Gasteiger partial charge in [0.2, 0.25) is 0 Å². The standard InChI is InChI=1S/C16H20N2O/c1-5-11(3)18-16(19)14-9-12(4)17-15-10(2)7-6-8-13(14)15/h6-9,11H,5H2,1-4H3,(H,18,19). The van der Waals surface area contributed by atoms with Gasteiger partial charge in [-0.25, -0.2) is 0 Å². The monoisotopic (exact) mass is 256 g/mol. The number of hydrogen-bond donors (Lipinski definition) is 1. The van der Waals surface area contributed by atoms with Crippen molar-refractivity contribution in [3.05, 3.63) is 41.1 Å². The Morgan fingerprint density at radius 2 is 2.11 bits per heavy atom. The van der Waals surface area contributed by atoms with E-state index in [0.717, 1.165) is 28.6 Å². The summed E-state index contributed by atoms with van der Waals surface area (Å²) >= 11 is 0. The number of hydrogen-bond acceptors (Lipinski definition) is 2. The van der Waals surface area contributed by atoms with Gasteiger partial charge in [0, 0.05) is 17.1 Å². The topological polar surface area (TPSA) is 42.0 Å². The number of para-hydroxylation sites is 1. The Balaban J connectivity index is 2.54. The number of aryl methyl sites for hydroxylation is 2. The number of aromatic nitrogens is 1. The Kier molecular flexibility index (Phi) is 3.84. The molecule has 1 amide bonds. The third-order valence-electron chi connectivity index (χ3n) is 3.40. The fraction of sp³-hybridized carbons (Fsp3) is 0.375. The molecule has 1 N–H and O–H groups in total. The minimum atomic E-state index is -0.0181. The summed E-state index contributed by atoms with van der Waals surface area (Å²) in [5.74, 6) is -0.0181. The first kappa shape index (κ1) is 13.5. The van der Waals surface area contributed by atoms with E-state index in [9.17, 15) is 4.79 Å². The van der Waals surface area contributed by atoms with Crippen molar-refractivity contribution >= 4 is 16.8 Å². The summed E-state index contributed by atoms with van der Waals surface area (Å²) in [5.41, 5.74) is 3.60. The van der Waals surface area contributed by atoms with Gasteiger partial charge in [0.15, 0.2) is 0 Å². The van der Waals surface area contributed by atoms with E-state index < -0.39 is 0 Å². The molecule has 0 saturated carbocycles. The summed E-state index contributed by atoms with van der Waals surface area (Å²) in [6, 6.07) is 7.99. The van der Waals surface area contributed by atoms with Gasteiger partial charge < -0.3 is 5.32 Å². The van der Waals surface area contributed by atoms with Gasteiger partial charge in [0.1, 0.15) is 0 Å². The van der Waals surface area contributed by atoms with Gasteiger partial charge in [-0.1, -0.05) is 25.1 Å². The van der Waals surface area contributed by atoms with Gasteiger partial charge in [-0.05, 0) is 38.8 Å². The number of nitrogens with zero attached hydrogens (tertiary/aromatic N) is 1. The molecule has 2 aromatic rings. The Morgan fingerprint density at radius 3 is 2.79 bits per heavy atom. The highest BCUT2D eigenvalue weighted by molar-refractivity contribution is 6.06. The molecule has 0 radical (unpaired) electrons. The highest BCUT2D eigenvalue weighted by Gasteiger charge is 2.14. The molecule has 0 aliphatic carbocycles. The fourth-order valence-electron chi connectivity index (χ4n) is 2.11. The number of pyridine rings is 1. The van der Waals surface area contributed by atoms with Crippen LogP contribution in [0.25, 0.3) is 10.9 Å². The van der Waals surface area contributed by atoms with Gasteiger partial charge in [-0.3, -0.25) is 9.78 Å². The average Bonchev–Trinajstić information content (AvgIpc) is 2.38. The van der Waals surface area contributed by atoms with Crippen molar-refractivity contribution < 1.29 is 4.79 Å². The molecule has 0 aliphatic rings. The molecule has 19 heavy (non-hydrogen) atoms. The van der Waals surface area contributed by atoms with E-state index in [4.69, 9.17) is 0 Å². The molecule has 1 heterocycles. The number of carbonyl (C=O) groups excluding carboxylic acids is 1. The van der Waals surface area contributed by atoms with E-state index in [0.29, 0.717) is 5.56 Å². The number of rotatable bonds is 3. The molecule has 100 valence electrons. The van der Waals surface area contributed by atoms with Crippen LogP contribution in [0.2, 0.25) is 0 Å². The van der Waals surface area contributed by atoms with E-state index in [1.165, 1.54) is 0 Å². The maximum Gasteiger partial charge on any atom is 0.252 e. The van der Waals surface area contributed by atoms with Crippen molar-refractivity contribution in [3.8, 4) is 0 Å². The SMILES string of the molecule is CCC(C)NC(=O)c1cc(C)nc2c(C)cccc12. The lowest BCUT2D eigenvalue weighted by Crippen LogP contribution is -2.32. The van der Waals surface area contributed by atoms with Crippen LogP contribution in [0.15, 0.2) is 24.3 Å². The van der Waals surface area contributed by atoms with Crippen molar-refractivity contribution in [3.63, 3.8) is 0 Å². The number of carbonyl (C=O) groups is 1. The fourth-order valence-corrected chi connectivity index (χ4v) is 2.11. The highest BCUT2D eigenvalue weighted by atomic mass is 16.1. The molecule has 0 bridgehead atoms. The predicted molar refractivity (Wildman–Crippen MR) is 78.4 cm³/mol. The molecular weight excluding hydrogens is 236 g/mol. The molecule has 0 fully saturated rings. The smallest absolute Gasteiger partial charge is 0.252 e. The minimum Gasteiger partial charge on any atom is -0.350 e. The van der Waals surface area contributed by atoms with Crippen molar-refractivity contribution in [1.29, 1.82) is 0 Å². The lowest BCUT2D eigenvalue weighted by Gasteiger charge is -2.14. The van der Waals surface area contributed by atoms with Gasteiger partial charge >= 0.3 is 0 Å². The maximum atomic E-state index is 12.4. The molecule has 0 saturated heterocycles. The number of benzene rings is 1. The summed E-state index contributed by atoms with van der Waals surface area (Å²) in [5, 5.41) is 3.94. The van der Waals surface area contributed by atoms with Gasteiger partial charge in [0.25, 0.3) is 5.91 Å². The highest BCUT2D eigenvalue weighted by Crippen LogP contribution is 2.21. The van der Waals surface area contributed by atoms with Gasteiger partial charge in [-0.15, -0.1) is 0 Å². The summed E-state index contributed by atoms with van der Waals surface area (Å²) in [4.78, 5) is 16.9. The minimum absolute atomic E-state index is 0.0181. The number of amides is 1. The molecule has 1 aromatic heterocycles. The zero-order valence-corrected chi connectivity index (χ0v) is 11.9. The number of fused-ring (bicyclic) bond motifs is 1. The summed E-state index contributed by atoms with van der Waals surface area (Å²) < 4.78 is 0. The lowest BCUT2D eigenvalue weighted by atomic mass is 10.0. The van der Waals surface area contributed by atoms with Crippen LogP contribution < -0.4 is 5.32 Å². The first-order valence-electron chi connectivity index (χ1n) is 6.70. The van der Waals surface area contributed by atoms with Crippen molar-refractivity contribution in [2.45, 2.75) is 40.2 Å². The second kappa shape index (κ2) is 5.39. The quantitative estimate of drug-likeness (QED) is 0.914. The van der Waals surface area contributed by atoms with Crippen molar-refractivity contribution in [2.24, 2.45) is 0 Å². The molecule has 1 atom stereocenters. The lowest BCUT2D eigenvalue weighted by molar-refractivity contribution is 0.0941. The van der Waals surface area contributed by atoms with Crippen LogP contribution in [0, 0.1) is 13.8 Å². The summed E-state index contributed by atoms with van der Waals surface area (Å²) in [6.07, 6.45) is 0.923. The van der Waals surface area contributed by atoms with E-state index >= 15 is 0 Å². The van der Waals surface area contributed by atoms with Crippen LogP contribution in [-0.2, 0) is 0 Å². The number of nitrogens with one attached hydrogen (secondary N) is 1. The molecule has 0 spiro atoms. The van der Waals surface area contributed by atoms with Crippen LogP contribution in [0.3, 0.4) is 0 Å². The first-order chi connectivity index (χ1) is 9.02. The normalized spacial score (nSPS) is 12.4. The van der Waals surface area contributed by atoms with Crippen LogP contribution in [0.4, 0.5) is 0 Å². The van der Waals surface area contributed by atoms with Crippen LogP contribution in [0.5, 0.6) is 0 Å². The predicted octanol–water partition coefficient (Wildman–Crippen LogP) is 3.38. The molecule has 3 nitrogen and oxygen atoms in total. The van der Waals surface area contributed by atoms with E-state index in [2.05, 4.69) is 17.2 Å². The Labute approximate surface area is 114 Å². The Bertz CT molecular complexity index is 619. The largest absolute Gasteiger partial charge is 0.350 e. The third-order valence-corrected chi connectivity index (χ3v) is 3.40. The summed E-state index contributed by atoms with van der Waals surface area (Å²) in [7, 11) is 0. The molecule has 0 aliphatic heterocycles. The average molecular weight is 256 g/mol. The summed E-state index contributed by atoms with van der Waals surface area (Å²) in [6.45, 7) is 8.02. The van der Waals surface area contributed by atoms with Crippen LogP contribution >= 0.6 is 0 Å². The second-order valence-electron chi connectivity index (χ2n) is 5.07. The molecular formula is C16H20N2O. The molecule has 1 unspecified atom stereocenters. The maximum absolute atomic E-state index is 12.4. The zero-order chi connectivity index (χ0) is 14.0. The van der Waals surface area contributed by atoms with Crippen LogP contribution in [0.1, 0.15) is 41.9 Å². The molecule has 1 aromatic carbocycles. The molecule has 3 heteroatoms. The zero-order valence-electron chi connectivity index (χ0n) is 11.9. The van der Waals surface area contributed by atoms with E-state index in [1.54, 1.807) is 0 Å². The first-order valence-corrected chi connectivity index (χ1v) is 6.70. The van der Waals surface area contributed by atoms with E-state index in [1.807, 2.05) is 45.0 Å². The van der Waals surface area contributed by atoms with Gasteiger partial charge in [-0.2, -0.15) is 0 Å². The second-order valence-corrected chi connectivity index (χ2v) is 5.07. The van der Waals surface area contributed by atoms with Crippen molar-refractivity contribution in [2.75, 3.05) is 0 Å². The van der Waals surface area contributed by atoms with Crippen LogP contribution in [-0.4, -0.2) is 16.9 Å². The van der Waals surface area contributed by atoms with E-state index in [-0.39, 0.29) is 11.9 Å².